The second-order valence-corrected chi connectivity index (χ2v) is 11.7. The molecule has 0 radical (unpaired) electrons. The molecule has 0 aromatic heterocycles. The molecule has 4 aromatic rings. The lowest BCUT2D eigenvalue weighted by Crippen LogP contribution is -2.35. The fourth-order valence-corrected chi connectivity index (χ4v) is 6.69. The standard InChI is InChI=1S/C39H44N2O2/c1-42-27-35(25-31-15-7-3-8-16-31)40-29-39(30-41-36(28-43-2)26-32-17-9-4-10-18-32)37(33-19-11-5-12-20-33)23-24-38(39)34-21-13-6-14-22-34/h3-22,29-30,35-38H,23-28H2,1-2H3/t35-,36-,37+,38+/m0/s1. The van der Waals surface area contributed by atoms with Crippen molar-refractivity contribution in [3.8, 4) is 0 Å². The number of aliphatic imine (C=N–C) groups is 2. The summed E-state index contributed by atoms with van der Waals surface area (Å²) in [7, 11) is 3.53. The normalized spacial score (nSPS) is 19.6. The fourth-order valence-electron chi connectivity index (χ4n) is 6.69. The molecular formula is C39H44N2O2. The molecule has 0 unspecified atom stereocenters. The van der Waals surface area contributed by atoms with E-state index in [1.54, 1.807) is 14.2 Å². The minimum Gasteiger partial charge on any atom is -0.382 e. The topological polar surface area (TPSA) is 43.2 Å². The van der Waals surface area contributed by atoms with Crippen LogP contribution < -0.4 is 0 Å². The first-order chi connectivity index (χ1) is 21.2. The van der Waals surface area contributed by atoms with E-state index < -0.39 is 5.41 Å². The molecule has 4 atom stereocenters. The van der Waals surface area contributed by atoms with Crippen molar-refractivity contribution >= 4 is 12.4 Å². The highest BCUT2D eigenvalue weighted by Gasteiger charge is 2.49. The maximum absolute atomic E-state index is 5.68. The quantitative estimate of drug-likeness (QED) is 0.144. The van der Waals surface area contributed by atoms with E-state index in [0.29, 0.717) is 13.2 Å². The van der Waals surface area contributed by atoms with Crippen molar-refractivity contribution in [1.29, 1.82) is 0 Å². The van der Waals surface area contributed by atoms with E-state index in [1.165, 1.54) is 22.3 Å². The molecule has 1 saturated carbocycles. The number of hydrogen-bond acceptors (Lipinski definition) is 4. The summed E-state index contributed by atoms with van der Waals surface area (Å²) in [5, 5.41) is 0. The minimum absolute atomic E-state index is 0.00483. The van der Waals surface area contributed by atoms with Crippen molar-refractivity contribution in [2.45, 2.75) is 49.6 Å². The fraction of sp³-hybridized carbons (Fsp3) is 0.333. The van der Waals surface area contributed by atoms with Crippen LogP contribution in [0.25, 0.3) is 0 Å². The van der Waals surface area contributed by atoms with Gasteiger partial charge in [0.05, 0.1) is 30.7 Å². The molecule has 43 heavy (non-hydrogen) atoms. The van der Waals surface area contributed by atoms with Crippen LogP contribution in [0.5, 0.6) is 0 Å². The summed E-state index contributed by atoms with van der Waals surface area (Å²) in [5.41, 5.74) is 4.78. The van der Waals surface area contributed by atoms with Gasteiger partial charge in [-0.2, -0.15) is 0 Å². The van der Waals surface area contributed by atoms with Crippen LogP contribution in [0.3, 0.4) is 0 Å². The Morgan fingerprint density at radius 3 is 1.28 bits per heavy atom. The molecule has 1 aliphatic carbocycles. The Morgan fingerprint density at radius 1 is 0.581 bits per heavy atom. The first-order valence-electron chi connectivity index (χ1n) is 15.5. The summed E-state index contributed by atoms with van der Waals surface area (Å²) in [5.74, 6) is 0.484. The van der Waals surface area contributed by atoms with Gasteiger partial charge in [-0.15, -0.1) is 0 Å². The third-order valence-corrected chi connectivity index (χ3v) is 8.72. The maximum atomic E-state index is 5.68. The van der Waals surface area contributed by atoms with Crippen LogP contribution in [0.4, 0.5) is 0 Å². The van der Waals surface area contributed by atoms with Gasteiger partial charge in [0.1, 0.15) is 0 Å². The van der Waals surface area contributed by atoms with E-state index in [0.717, 1.165) is 25.7 Å². The van der Waals surface area contributed by atoms with Crippen molar-refractivity contribution in [2.24, 2.45) is 15.4 Å². The molecule has 4 nitrogen and oxygen atoms in total. The second-order valence-electron chi connectivity index (χ2n) is 11.7. The van der Waals surface area contributed by atoms with E-state index in [9.17, 15) is 0 Å². The van der Waals surface area contributed by atoms with Crippen LogP contribution in [0.1, 0.15) is 46.9 Å². The highest BCUT2D eigenvalue weighted by Crippen LogP contribution is 2.55. The molecule has 0 N–H and O–H groups in total. The van der Waals surface area contributed by atoms with Gasteiger partial charge in [-0.05, 0) is 47.9 Å². The Labute approximate surface area is 257 Å². The lowest BCUT2D eigenvalue weighted by atomic mass is 9.69. The Kier molecular flexibility index (Phi) is 11.1. The molecule has 5 rings (SSSR count). The van der Waals surface area contributed by atoms with Gasteiger partial charge < -0.3 is 9.47 Å². The van der Waals surface area contributed by atoms with Gasteiger partial charge in [-0.1, -0.05) is 121 Å². The lowest BCUT2D eigenvalue weighted by Gasteiger charge is -2.35. The third kappa shape index (κ3) is 7.95. The van der Waals surface area contributed by atoms with Gasteiger partial charge in [0.25, 0.3) is 0 Å². The van der Waals surface area contributed by atoms with Crippen LogP contribution in [0.2, 0.25) is 0 Å². The lowest BCUT2D eigenvalue weighted by molar-refractivity contribution is 0.180. The second kappa shape index (κ2) is 15.6. The minimum atomic E-state index is -0.409. The van der Waals surface area contributed by atoms with Crippen LogP contribution in [0, 0.1) is 5.41 Å². The van der Waals surface area contributed by atoms with Gasteiger partial charge >= 0.3 is 0 Å². The Hall–Kier alpha value is -3.86. The number of methoxy groups -OCH3 is 2. The van der Waals surface area contributed by atoms with Crippen molar-refractivity contribution in [1.82, 2.24) is 0 Å². The van der Waals surface area contributed by atoms with Crippen LogP contribution in [-0.4, -0.2) is 51.9 Å². The van der Waals surface area contributed by atoms with E-state index in [1.807, 2.05) is 0 Å². The monoisotopic (exact) mass is 572 g/mol. The SMILES string of the molecule is COC[C@H](Cc1ccccc1)N=CC1(C=N[C@H](COC)Cc2ccccc2)[C@@H](c2ccccc2)CC[C@@H]1c1ccccc1. The molecule has 222 valence electrons. The first kappa shape index (κ1) is 30.6. The van der Waals surface area contributed by atoms with Gasteiger partial charge in [0.2, 0.25) is 0 Å². The molecule has 0 saturated heterocycles. The summed E-state index contributed by atoms with van der Waals surface area (Å²) < 4.78 is 11.4. The van der Waals surface area contributed by atoms with E-state index in [4.69, 9.17) is 19.5 Å². The molecule has 0 spiro atoms. The average Bonchev–Trinajstić information content (AvgIpc) is 3.44. The van der Waals surface area contributed by atoms with E-state index in [-0.39, 0.29) is 23.9 Å². The molecule has 0 aliphatic heterocycles. The Bertz CT molecular complexity index is 1300. The molecule has 0 heterocycles. The molecular weight excluding hydrogens is 528 g/mol. The van der Waals surface area contributed by atoms with Crippen molar-refractivity contribution in [3.63, 3.8) is 0 Å². The summed E-state index contributed by atoms with van der Waals surface area (Å²) in [6.45, 7) is 1.12. The maximum Gasteiger partial charge on any atom is 0.0769 e. The third-order valence-electron chi connectivity index (χ3n) is 8.72. The van der Waals surface area contributed by atoms with Gasteiger partial charge in [-0.25, -0.2) is 0 Å². The van der Waals surface area contributed by atoms with E-state index >= 15 is 0 Å². The zero-order valence-corrected chi connectivity index (χ0v) is 25.5. The average molecular weight is 573 g/mol. The first-order valence-corrected chi connectivity index (χ1v) is 15.5. The van der Waals surface area contributed by atoms with Crippen LogP contribution in [-0.2, 0) is 22.3 Å². The number of nitrogens with zero attached hydrogens (tertiary/aromatic N) is 2. The predicted molar refractivity (Wildman–Crippen MR) is 179 cm³/mol. The number of ether oxygens (including phenoxy) is 2. The largest absolute Gasteiger partial charge is 0.382 e. The Morgan fingerprint density at radius 2 is 0.930 bits per heavy atom. The summed E-state index contributed by atoms with van der Waals surface area (Å²) in [4.78, 5) is 10.7. The molecule has 1 fully saturated rings. The summed E-state index contributed by atoms with van der Waals surface area (Å²) in [6.07, 6.45) is 8.26. The zero-order valence-electron chi connectivity index (χ0n) is 25.5. The van der Waals surface area contributed by atoms with Crippen molar-refractivity contribution < 1.29 is 9.47 Å². The Balaban J connectivity index is 1.59. The number of hydrogen-bond donors (Lipinski definition) is 0. The van der Waals surface area contributed by atoms with Crippen molar-refractivity contribution in [3.05, 3.63) is 144 Å². The molecule has 0 amide bonds. The van der Waals surface area contributed by atoms with Crippen molar-refractivity contribution in [2.75, 3.05) is 27.4 Å². The smallest absolute Gasteiger partial charge is 0.0769 e. The predicted octanol–water partition coefficient (Wildman–Crippen LogP) is 7.99. The molecule has 1 aliphatic rings. The number of benzene rings is 4. The molecule has 4 aromatic carbocycles. The van der Waals surface area contributed by atoms with Gasteiger partial charge in [0, 0.05) is 38.5 Å². The zero-order chi connectivity index (χ0) is 29.7. The highest BCUT2D eigenvalue weighted by molar-refractivity contribution is 5.93. The summed E-state index contributed by atoms with van der Waals surface area (Å²) >= 11 is 0. The molecule has 0 bridgehead atoms. The van der Waals surface area contributed by atoms with Gasteiger partial charge in [-0.3, -0.25) is 9.98 Å². The van der Waals surface area contributed by atoms with E-state index in [2.05, 4.69) is 134 Å². The highest BCUT2D eigenvalue weighted by atomic mass is 16.5. The van der Waals surface area contributed by atoms with Gasteiger partial charge in [0.15, 0.2) is 0 Å². The summed E-state index contributed by atoms with van der Waals surface area (Å²) in [6, 6.07) is 43.0. The number of rotatable bonds is 14. The van der Waals surface area contributed by atoms with Crippen LogP contribution in [0.15, 0.2) is 131 Å². The molecule has 4 heteroatoms. The van der Waals surface area contributed by atoms with Crippen LogP contribution >= 0.6 is 0 Å².